The second kappa shape index (κ2) is 6.02. The molecule has 0 saturated carbocycles. The number of carbonyl (C=O) groups is 1. The molecule has 120 valence electrons. The molecule has 2 aliphatic rings. The summed E-state index contributed by atoms with van der Waals surface area (Å²) in [4.78, 5) is 13.2. The second-order valence-electron chi connectivity index (χ2n) is 8.49. The van der Waals surface area contributed by atoms with Gasteiger partial charge in [-0.3, -0.25) is 4.79 Å². The van der Waals surface area contributed by atoms with Crippen LogP contribution in [0.25, 0.3) is 0 Å². The number of allylic oxidation sites excluding steroid dienone is 8. The Morgan fingerprint density at radius 1 is 0.864 bits per heavy atom. The van der Waals surface area contributed by atoms with E-state index in [9.17, 15) is 4.79 Å². The quantitative estimate of drug-likeness (QED) is 0.643. The van der Waals surface area contributed by atoms with Gasteiger partial charge in [-0.05, 0) is 37.5 Å². The number of Topliss-reactive ketones (excluding diaryl/α,β-unsaturated/α-hetero) is 1. The number of rotatable bonds is 2. The lowest BCUT2D eigenvalue weighted by molar-refractivity contribution is -0.125. The fourth-order valence-electron chi connectivity index (χ4n) is 3.49. The van der Waals surface area contributed by atoms with Gasteiger partial charge in [0.2, 0.25) is 0 Å². The third kappa shape index (κ3) is 4.32. The van der Waals surface area contributed by atoms with Crippen LogP contribution in [0.15, 0.2) is 47.6 Å². The van der Waals surface area contributed by atoms with Crippen LogP contribution < -0.4 is 0 Å². The highest BCUT2D eigenvalue weighted by molar-refractivity contribution is 5.87. The van der Waals surface area contributed by atoms with Crippen molar-refractivity contribution in [3.63, 3.8) is 0 Å². The lowest BCUT2D eigenvalue weighted by Crippen LogP contribution is -2.28. The Morgan fingerprint density at radius 2 is 1.23 bits per heavy atom. The zero-order valence-electron chi connectivity index (χ0n) is 14.9. The molecule has 0 aliphatic heterocycles. The Labute approximate surface area is 135 Å². The van der Waals surface area contributed by atoms with E-state index < -0.39 is 0 Å². The molecule has 0 saturated heterocycles. The predicted molar refractivity (Wildman–Crippen MR) is 94.6 cm³/mol. The summed E-state index contributed by atoms with van der Waals surface area (Å²) < 4.78 is 0. The van der Waals surface area contributed by atoms with Crippen molar-refractivity contribution in [3.8, 4) is 0 Å². The van der Waals surface area contributed by atoms with E-state index in [0.717, 1.165) is 12.8 Å². The zero-order chi connectivity index (χ0) is 16.5. The Kier molecular flexibility index (Phi) is 4.65. The number of carbonyl (C=O) groups excluding carboxylic acids is 1. The molecule has 2 rings (SSSR count). The van der Waals surface area contributed by atoms with Crippen LogP contribution >= 0.6 is 0 Å². The fourth-order valence-corrected chi connectivity index (χ4v) is 3.49. The molecule has 0 heterocycles. The Balaban J connectivity index is 2.27. The highest BCUT2D eigenvalue weighted by Gasteiger charge is 2.33. The van der Waals surface area contributed by atoms with Crippen LogP contribution in [-0.4, -0.2) is 5.78 Å². The van der Waals surface area contributed by atoms with Crippen LogP contribution in [0.3, 0.4) is 0 Å². The van der Waals surface area contributed by atoms with Crippen molar-refractivity contribution < 1.29 is 4.79 Å². The largest absolute Gasteiger partial charge is 0.298 e. The van der Waals surface area contributed by atoms with Gasteiger partial charge in [-0.1, -0.05) is 75.3 Å². The zero-order valence-corrected chi connectivity index (χ0v) is 14.9. The molecule has 22 heavy (non-hydrogen) atoms. The molecule has 0 bridgehead atoms. The summed E-state index contributed by atoms with van der Waals surface area (Å²) in [6.45, 7) is 13.1. The summed E-state index contributed by atoms with van der Waals surface area (Å²) >= 11 is 0. The molecular formula is C21H30O. The molecule has 0 N–H and O–H groups in total. The maximum atomic E-state index is 13.2. The molecule has 0 aromatic carbocycles. The van der Waals surface area contributed by atoms with Crippen LogP contribution in [0.1, 0.15) is 54.4 Å². The fraction of sp³-hybridized carbons (Fsp3) is 0.571. The minimum Gasteiger partial charge on any atom is -0.298 e. The van der Waals surface area contributed by atoms with Crippen LogP contribution in [-0.2, 0) is 4.79 Å². The van der Waals surface area contributed by atoms with E-state index in [-0.39, 0.29) is 22.7 Å². The summed E-state index contributed by atoms with van der Waals surface area (Å²) in [5, 5.41) is 0. The Hall–Kier alpha value is -1.37. The smallest absolute Gasteiger partial charge is 0.146 e. The van der Waals surface area contributed by atoms with Gasteiger partial charge in [-0.2, -0.15) is 0 Å². The average molecular weight is 298 g/mol. The number of hydrogen-bond donors (Lipinski definition) is 0. The number of ketones is 1. The lowest BCUT2D eigenvalue weighted by atomic mass is 9.75. The van der Waals surface area contributed by atoms with Crippen LogP contribution in [0.5, 0.6) is 0 Å². The summed E-state index contributed by atoms with van der Waals surface area (Å²) in [7, 11) is 0. The summed E-state index contributed by atoms with van der Waals surface area (Å²) in [6.07, 6.45) is 14.9. The molecule has 1 heteroatoms. The van der Waals surface area contributed by atoms with Gasteiger partial charge >= 0.3 is 0 Å². The van der Waals surface area contributed by atoms with Crippen LogP contribution in [0.2, 0.25) is 0 Å². The van der Waals surface area contributed by atoms with Gasteiger partial charge < -0.3 is 0 Å². The highest BCUT2D eigenvalue weighted by atomic mass is 16.1. The molecular weight excluding hydrogens is 268 g/mol. The van der Waals surface area contributed by atoms with Gasteiger partial charge in [0.05, 0.1) is 0 Å². The third-order valence-corrected chi connectivity index (χ3v) is 4.75. The van der Waals surface area contributed by atoms with Gasteiger partial charge in [-0.15, -0.1) is 0 Å². The monoisotopic (exact) mass is 298 g/mol. The lowest BCUT2D eigenvalue weighted by Gasteiger charge is -2.28. The van der Waals surface area contributed by atoms with Crippen molar-refractivity contribution in [2.45, 2.75) is 54.4 Å². The van der Waals surface area contributed by atoms with Crippen molar-refractivity contribution in [1.82, 2.24) is 0 Å². The summed E-state index contributed by atoms with van der Waals surface area (Å²) in [6, 6.07) is 0. The molecule has 2 unspecified atom stereocenters. The topological polar surface area (TPSA) is 17.1 Å². The van der Waals surface area contributed by atoms with Crippen LogP contribution in [0.4, 0.5) is 0 Å². The van der Waals surface area contributed by atoms with E-state index in [0.29, 0.717) is 5.78 Å². The summed E-state index contributed by atoms with van der Waals surface area (Å²) in [5.74, 6) is 0.424. The van der Waals surface area contributed by atoms with Gasteiger partial charge in [0, 0.05) is 11.8 Å². The van der Waals surface area contributed by atoms with Crippen molar-refractivity contribution in [2.24, 2.45) is 22.7 Å². The number of hydrogen-bond acceptors (Lipinski definition) is 1. The molecule has 0 amide bonds. The molecule has 1 nitrogen and oxygen atoms in total. The van der Waals surface area contributed by atoms with E-state index in [2.05, 4.69) is 78.0 Å². The average Bonchev–Trinajstić information content (AvgIpc) is 2.62. The van der Waals surface area contributed by atoms with Crippen molar-refractivity contribution in [3.05, 3.63) is 47.6 Å². The molecule has 0 aromatic rings. The van der Waals surface area contributed by atoms with Gasteiger partial charge in [0.1, 0.15) is 5.78 Å². The van der Waals surface area contributed by atoms with E-state index in [1.165, 1.54) is 11.1 Å². The standard InChI is InChI=1S/C21H30O/c1-15-7-9-20(3,4)13-17(11-15)19(22)18-12-16(2)8-10-21(5,6)14-18/h7-12,17-18H,13-14H2,1-6H3. The van der Waals surface area contributed by atoms with Crippen molar-refractivity contribution in [1.29, 1.82) is 0 Å². The Morgan fingerprint density at radius 3 is 1.59 bits per heavy atom. The van der Waals surface area contributed by atoms with E-state index >= 15 is 0 Å². The van der Waals surface area contributed by atoms with E-state index in [1.54, 1.807) is 0 Å². The second-order valence-corrected chi connectivity index (χ2v) is 8.49. The Bertz CT molecular complexity index is 517. The molecule has 0 fully saturated rings. The van der Waals surface area contributed by atoms with Crippen molar-refractivity contribution in [2.75, 3.05) is 0 Å². The van der Waals surface area contributed by atoms with Crippen LogP contribution in [0, 0.1) is 22.7 Å². The van der Waals surface area contributed by atoms with Crippen molar-refractivity contribution >= 4 is 5.78 Å². The van der Waals surface area contributed by atoms with E-state index in [1.807, 2.05) is 0 Å². The molecule has 2 atom stereocenters. The SMILES string of the molecule is CC1=CC(C(=O)C2C=C(C)C=CC(C)(C)C2)CC(C)(C)C=C1. The molecule has 2 aliphatic carbocycles. The first kappa shape index (κ1) is 17.0. The highest BCUT2D eigenvalue weighted by Crippen LogP contribution is 2.37. The maximum Gasteiger partial charge on any atom is 0.146 e. The molecule has 0 aromatic heterocycles. The summed E-state index contributed by atoms with van der Waals surface area (Å²) in [5.41, 5.74) is 2.56. The van der Waals surface area contributed by atoms with Gasteiger partial charge in [-0.25, -0.2) is 0 Å². The first-order valence-electron chi connectivity index (χ1n) is 8.37. The molecule has 0 spiro atoms. The minimum absolute atomic E-state index is 0.0212. The van der Waals surface area contributed by atoms with E-state index in [4.69, 9.17) is 0 Å². The first-order valence-corrected chi connectivity index (χ1v) is 8.37. The normalized spacial score (nSPS) is 30.1. The van der Waals surface area contributed by atoms with Gasteiger partial charge in [0.15, 0.2) is 0 Å². The third-order valence-electron chi connectivity index (χ3n) is 4.75. The minimum atomic E-state index is 0.0212. The van der Waals surface area contributed by atoms with Gasteiger partial charge in [0.25, 0.3) is 0 Å². The maximum absolute atomic E-state index is 13.2. The predicted octanol–water partition coefficient (Wildman–Crippen LogP) is 5.65. The first-order chi connectivity index (χ1) is 10.1. The molecule has 0 radical (unpaired) electrons.